The molecule has 1 amide bonds. The van der Waals surface area contributed by atoms with E-state index in [1.165, 1.54) is 6.42 Å². The predicted octanol–water partition coefficient (Wildman–Crippen LogP) is 3.78. The van der Waals surface area contributed by atoms with E-state index in [9.17, 15) is 14.4 Å². The zero-order chi connectivity index (χ0) is 18.8. The van der Waals surface area contributed by atoms with E-state index < -0.39 is 11.9 Å². The molecule has 26 heavy (non-hydrogen) atoms. The van der Waals surface area contributed by atoms with Gasteiger partial charge >= 0.3 is 11.9 Å². The normalized spacial score (nSPS) is 23.7. The Hall–Kier alpha value is -1.89. The SMILES string of the molecule is CCOC(=O)c1sc(NC(=O)[C@@H]2C[C@H]3CC[C@@H]2C3)c(C(=O)OCC)c1C. The molecule has 3 rings (SSSR count). The average molecular weight is 379 g/mol. The molecule has 1 aromatic heterocycles. The van der Waals surface area contributed by atoms with Gasteiger partial charge in [0.05, 0.1) is 18.8 Å². The first kappa shape index (κ1) is 18.9. The molecule has 2 bridgehead atoms. The number of amides is 1. The fourth-order valence-electron chi connectivity index (χ4n) is 4.21. The number of fused-ring (bicyclic) bond motifs is 2. The molecular weight excluding hydrogens is 354 g/mol. The Morgan fingerprint density at radius 2 is 1.77 bits per heavy atom. The second-order valence-corrected chi connectivity index (χ2v) is 7.99. The van der Waals surface area contributed by atoms with Gasteiger partial charge in [-0.1, -0.05) is 6.42 Å². The first-order valence-corrected chi connectivity index (χ1v) is 10.1. The van der Waals surface area contributed by atoms with Crippen molar-refractivity contribution >= 4 is 34.2 Å². The Labute approximate surface area is 157 Å². The van der Waals surface area contributed by atoms with E-state index in [0.29, 0.717) is 27.3 Å². The Balaban J connectivity index is 1.86. The second kappa shape index (κ2) is 7.78. The number of nitrogens with one attached hydrogen (secondary N) is 1. The quantitative estimate of drug-likeness (QED) is 0.761. The van der Waals surface area contributed by atoms with Gasteiger partial charge in [-0.05, 0) is 57.4 Å². The molecule has 2 saturated carbocycles. The first-order chi connectivity index (χ1) is 12.5. The van der Waals surface area contributed by atoms with Crippen LogP contribution in [0.5, 0.6) is 0 Å². The molecule has 2 fully saturated rings. The summed E-state index contributed by atoms with van der Waals surface area (Å²) in [4.78, 5) is 37.7. The minimum absolute atomic E-state index is 0.00255. The molecule has 1 aromatic rings. The van der Waals surface area contributed by atoms with Crippen molar-refractivity contribution in [1.29, 1.82) is 0 Å². The van der Waals surface area contributed by atoms with Crippen LogP contribution in [-0.2, 0) is 14.3 Å². The highest BCUT2D eigenvalue weighted by Crippen LogP contribution is 2.49. The second-order valence-electron chi connectivity index (χ2n) is 6.97. The lowest BCUT2D eigenvalue weighted by atomic mass is 9.88. The lowest BCUT2D eigenvalue weighted by molar-refractivity contribution is -0.121. The summed E-state index contributed by atoms with van der Waals surface area (Å²) in [6, 6.07) is 0. The number of rotatable bonds is 6. The van der Waals surface area contributed by atoms with Crippen LogP contribution < -0.4 is 5.32 Å². The van der Waals surface area contributed by atoms with Crippen LogP contribution in [0.4, 0.5) is 5.00 Å². The van der Waals surface area contributed by atoms with Gasteiger partial charge in [-0.2, -0.15) is 0 Å². The Morgan fingerprint density at radius 1 is 1.08 bits per heavy atom. The molecule has 0 spiro atoms. The van der Waals surface area contributed by atoms with E-state index in [2.05, 4.69) is 5.32 Å². The molecule has 0 saturated heterocycles. The van der Waals surface area contributed by atoms with Crippen molar-refractivity contribution in [2.75, 3.05) is 18.5 Å². The summed E-state index contributed by atoms with van der Waals surface area (Å²) < 4.78 is 10.2. The molecule has 0 radical (unpaired) electrons. The van der Waals surface area contributed by atoms with E-state index >= 15 is 0 Å². The van der Waals surface area contributed by atoms with Crippen molar-refractivity contribution in [2.24, 2.45) is 17.8 Å². The van der Waals surface area contributed by atoms with Gasteiger partial charge in [0.2, 0.25) is 5.91 Å². The summed E-state index contributed by atoms with van der Waals surface area (Å²) in [5.74, 6) is 0.0229. The monoisotopic (exact) mass is 379 g/mol. The van der Waals surface area contributed by atoms with Crippen LogP contribution in [0.3, 0.4) is 0 Å². The maximum absolute atomic E-state index is 12.8. The number of hydrogen-bond acceptors (Lipinski definition) is 6. The van der Waals surface area contributed by atoms with Gasteiger partial charge in [-0.15, -0.1) is 11.3 Å². The van der Waals surface area contributed by atoms with Crippen molar-refractivity contribution in [3.63, 3.8) is 0 Å². The average Bonchev–Trinajstić information content (AvgIpc) is 3.29. The van der Waals surface area contributed by atoms with Gasteiger partial charge in [0.1, 0.15) is 9.88 Å². The van der Waals surface area contributed by atoms with E-state index in [0.717, 1.165) is 30.6 Å². The van der Waals surface area contributed by atoms with Gasteiger partial charge in [0.25, 0.3) is 0 Å². The molecule has 0 aromatic carbocycles. The number of carbonyl (C=O) groups excluding carboxylic acids is 3. The predicted molar refractivity (Wildman–Crippen MR) is 98.5 cm³/mol. The summed E-state index contributed by atoms with van der Waals surface area (Å²) in [7, 11) is 0. The van der Waals surface area contributed by atoms with Crippen LogP contribution >= 0.6 is 11.3 Å². The lowest BCUT2D eigenvalue weighted by Crippen LogP contribution is -2.27. The largest absolute Gasteiger partial charge is 0.462 e. The summed E-state index contributed by atoms with van der Waals surface area (Å²) in [5.41, 5.74) is 0.756. The highest BCUT2D eigenvalue weighted by atomic mass is 32.1. The van der Waals surface area contributed by atoms with Crippen molar-refractivity contribution in [3.05, 3.63) is 16.0 Å². The molecule has 0 aliphatic heterocycles. The number of carbonyl (C=O) groups is 3. The third-order valence-corrected chi connectivity index (χ3v) is 6.59. The smallest absolute Gasteiger partial charge is 0.348 e. The van der Waals surface area contributed by atoms with Crippen LogP contribution in [-0.4, -0.2) is 31.1 Å². The minimum Gasteiger partial charge on any atom is -0.462 e. The topological polar surface area (TPSA) is 81.7 Å². The maximum Gasteiger partial charge on any atom is 0.348 e. The third-order valence-electron chi connectivity index (χ3n) is 5.40. The van der Waals surface area contributed by atoms with Crippen molar-refractivity contribution in [1.82, 2.24) is 0 Å². The number of ether oxygens (including phenoxy) is 2. The summed E-state index contributed by atoms with van der Waals surface area (Å²) in [5, 5.41) is 3.29. The minimum atomic E-state index is -0.528. The van der Waals surface area contributed by atoms with Crippen molar-refractivity contribution in [2.45, 2.75) is 46.5 Å². The van der Waals surface area contributed by atoms with Crippen LogP contribution in [0.25, 0.3) is 0 Å². The number of thiophene rings is 1. The maximum atomic E-state index is 12.8. The van der Waals surface area contributed by atoms with Gasteiger partial charge < -0.3 is 14.8 Å². The molecule has 142 valence electrons. The molecule has 1 heterocycles. The lowest BCUT2D eigenvalue weighted by Gasteiger charge is -2.20. The van der Waals surface area contributed by atoms with Crippen molar-refractivity contribution in [3.8, 4) is 0 Å². The van der Waals surface area contributed by atoms with Crippen LogP contribution in [0.1, 0.15) is 65.1 Å². The zero-order valence-corrected chi connectivity index (χ0v) is 16.2. The molecule has 0 unspecified atom stereocenters. The summed E-state index contributed by atoms with van der Waals surface area (Å²) in [6.07, 6.45) is 4.36. The molecule has 7 heteroatoms. The fourth-order valence-corrected chi connectivity index (χ4v) is 5.30. The molecule has 2 aliphatic rings. The van der Waals surface area contributed by atoms with Crippen molar-refractivity contribution < 1.29 is 23.9 Å². The molecule has 1 N–H and O–H groups in total. The number of hydrogen-bond donors (Lipinski definition) is 1. The van der Waals surface area contributed by atoms with E-state index in [1.54, 1.807) is 20.8 Å². The highest BCUT2D eigenvalue weighted by molar-refractivity contribution is 7.18. The molecular formula is C19H25NO5S. The highest BCUT2D eigenvalue weighted by Gasteiger charge is 2.43. The van der Waals surface area contributed by atoms with Crippen LogP contribution in [0, 0.1) is 24.7 Å². The number of anilines is 1. The fraction of sp³-hybridized carbons (Fsp3) is 0.632. The van der Waals surface area contributed by atoms with E-state index in [4.69, 9.17) is 9.47 Å². The van der Waals surface area contributed by atoms with Gasteiger partial charge in [-0.3, -0.25) is 4.79 Å². The summed E-state index contributed by atoms with van der Waals surface area (Å²) >= 11 is 1.09. The zero-order valence-electron chi connectivity index (χ0n) is 15.4. The number of esters is 2. The first-order valence-electron chi connectivity index (χ1n) is 9.24. The molecule has 6 nitrogen and oxygen atoms in total. The Morgan fingerprint density at radius 3 is 2.35 bits per heavy atom. The van der Waals surface area contributed by atoms with Crippen LogP contribution in [0.15, 0.2) is 0 Å². The molecule has 3 atom stereocenters. The van der Waals surface area contributed by atoms with Crippen LogP contribution in [0.2, 0.25) is 0 Å². The van der Waals surface area contributed by atoms with Gasteiger partial charge in [0, 0.05) is 5.92 Å². The molecule has 2 aliphatic carbocycles. The summed E-state index contributed by atoms with van der Waals surface area (Å²) in [6.45, 7) is 5.60. The Bertz CT molecular complexity index is 726. The van der Waals surface area contributed by atoms with Gasteiger partial charge in [-0.25, -0.2) is 9.59 Å². The third kappa shape index (κ3) is 3.49. The van der Waals surface area contributed by atoms with Gasteiger partial charge in [0.15, 0.2) is 0 Å². The Kier molecular flexibility index (Phi) is 5.65. The van der Waals surface area contributed by atoms with E-state index in [-0.39, 0.29) is 30.6 Å². The van der Waals surface area contributed by atoms with E-state index in [1.807, 2.05) is 0 Å². The standard InChI is InChI=1S/C19H25NO5S/c1-4-24-18(22)14-10(3)15(19(23)25-5-2)26-17(14)20-16(21)13-9-11-6-7-12(13)8-11/h11-13H,4-9H2,1-3H3,(H,20,21)/t11-,12+,13+/m0/s1.